The van der Waals surface area contributed by atoms with E-state index in [0.717, 1.165) is 37.7 Å². The molecule has 0 amide bonds. The lowest BCUT2D eigenvalue weighted by molar-refractivity contribution is 0.286. The Kier molecular flexibility index (Phi) is 7.34. The molecule has 8 heteroatoms. The number of benzene rings is 2. The topological polar surface area (TPSA) is 74.8 Å². The zero-order valence-corrected chi connectivity index (χ0v) is 19.2. The Labute approximate surface area is 180 Å². The van der Waals surface area contributed by atoms with Gasteiger partial charge in [-0.25, -0.2) is 16.8 Å². The van der Waals surface area contributed by atoms with E-state index in [1.54, 1.807) is 14.0 Å². The van der Waals surface area contributed by atoms with Crippen LogP contribution in [0.25, 0.3) is 0 Å². The van der Waals surface area contributed by atoms with Crippen LogP contribution in [0.5, 0.6) is 0 Å². The first kappa shape index (κ1) is 22.9. The average Bonchev–Trinajstić information content (AvgIpc) is 2.78. The minimum Gasteiger partial charge on any atom is -0.207 e. The minimum atomic E-state index is -3.73. The van der Waals surface area contributed by atoms with Gasteiger partial charge in [0.15, 0.2) is 0 Å². The van der Waals surface area contributed by atoms with Crippen molar-refractivity contribution < 1.29 is 16.8 Å². The molecule has 1 saturated carbocycles. The Hall–Kier alpha value is -1.74. The van der Waals surface area contributed by atoms with E-state index < -0.39 is 20.0 Å². The highest BCUT2D eigenvalue weighted by Crippen LogP contribution is 2.27. The second-order valence-electron chi connectivity index (χ2n) is 7.70. The van der Waals surface area contributed by atoms with E-state index in [1.807, 2.05) is 30.3 Å². The summed E-state index contributed by atoms with van der Waals surface area (Å²) in [6, 6.07) is 15.0. The predicted molar refractivity (Wildman–Crippen MR) is 118 cm³/mol. The van der Waals surface area contributed by atoms with Gasteiger partial charge in [0.05, 0.1) is 9.79 Å². The average molecular weight is 451 g/mol. The number of hydrogen-bond acceptors (Lipinski definition) is 4. The van der Waals surface area contributed by atoms with E-state index in [2.05, 4.69) is 0 Å². The van der Waals surface area contributed by atoms with Gasteiger partial charge in [-0.2, -0.15) is 8.61 Å². The molecular weight excluding hydrogens is 420 g/mol. The van der Waals surface area contributed by atoms with Crippen LogP contribution in [-0.2, 0) is 26.6 Å². The second kappa shape index (κ2) is 9.60. The summed E-state index contributed by atoms with van der Waals surface area (Å²) < 4.78 is 55.0. The maximum absolute atomic E-state index is 13.1. The second-order valence-corrected chi connectivity index (χ2v) is 11.6. The van der Waals surface area contributed by atoms with E-state index in [-0.39, 0.29) is 22.4 Å². The Bertz CT molecular complexity index is 1030. The van der Waals surface area contributed by atoms with Crippen LogP contribution in [0.15, 0.2) is 64.4 Å². The molecule has 0 aromatic heterocycles. The lowest BCUT2D eigenvalue weighted by Gasteiger charge is -2.30. The van der Waals surface area contributed by atoms with Crippen LogP contribution in [0, 0.1) is 0 Å². The smallest absolute Gasteiger partial charge is 0.207 e. The Balaban J connectivity index is 1.81. The first-order valence-corrected chi connectivity index (χ1v) is 13.3. The van der Waals surface area contributed by atoms with Gasteiger partial charge in [0, 0.05) is 26.2 Å². The Morgan fingerprint density at radius 3 is 1.87 bits per heavy atom. The molecule has 0 N–H and O–H groups in total. The van der Waals surface area contributed by atoms with E-state index >= 15 is 0 Å². The van der Waals surface area contributed by atoms with Gasteiger partial charge in [0.1, 0.15) is 0 Å². The van der Waals surface area contributed by atoms with Crippen molar-refractivity contribution in [2.24, 2.45) is 0 Å². The fourth-order valence-electron chi connectivity index (χ4n) is 3.89. The quantitative estimate of drug-likeness (QED) is 0.612. The third-order valence-corrected chi connectivity index (χ3v) is 9.64. The molecule has 1 aliphatic rings. The van der Waals surface area contributed by atoms with Crippen LogP contribution in [0.1, 0.15) is 44.6 Å². The molecule has 1 fully saturated rings. The van der Waals surface area contributed by atoms with Gasteiger partial charge in [0.25, 0.3) is 0 Å². The summed E-state index contributed by atoms with van der Waals surface area (Å²) in [5.74, 6) is 0. The fraction of sp³-hybridized carbons (Fsp3) is 0.455. The van der Waals surface area contributed by atoms with Crippen molar-refractivity contribution >= 4 is 20.0 Å². The SMILES string of the molecule is CCN(Cc1ccccc1)S(=O)(=O)c1ccc(S(=O)(=O)N(C)C2CCCCC2)cc1. The Morgan fingerprint density at radius 1 is 0.800 bits per heavy atom. The number of nitrogens with zero attached hydrogens (tertiary/aromatic N) is 2. The molecule has 0 bridgehead atoms. The van der Waals surface area contributed by atoms with Crippen molar-refractivity contribution in [3.05, 3.63) is 60.2 Å². The molecule has 0 atom stereocenters. The monoisotopic (exact) mass is 450 g/mol. The lowest BCUT2D eigenvalue weighted by atomic mass is 9.96. The van der Waals surface area contributed by atoms with Gasteiger partial charge in [-0.3, -0.25) is 0 Å². The molecule has 164 valence electrons. The first-order chi connectivity index (χ1) is 14.3. The van der Waals surface area contributed by atoms with Crippen molar-refractivity contribution in [3.8, 4) is 0 Å². The zero-order chi connectivity index (χ0) is 21.8. The van der Waals surface area contributed by atoms with E-state index in [0.29, 0.717) is 6.54 Å². The first-order valence-electron chi connectivity index (χ1n) is 10.4. The summed E-state index contributed by atoms with van der Waals surface area (Å²) >= 11 is 0. The zero-order valence-electron chi connectivity index (χ0n) is 17.6. The van der Waals surface area contributed by atoms with Gasteiger partial charge in [-0.05, 0) is 42.7 Å². The molecular formula is C22H30N2O4S2. The molecule has 0 aliphatic heterocycles. The van der Waals surface area contributed by atoms with E-state index in [9.17, 15) is 16.8 Å². The van der Waals surface area contributed by atoms with Crippen LogP contribution in [-0.4, -0.2) is 45.1 Å². The van der Waals surface area contributed by atoms with Crippen LogP contribution in [0.3, 0.4) is 0 Å². The predicted octanol–water partition coefficient (Wildman–Crippen LogP) is 3.85. The normalized spacial score (nSPS) is 16.3. The summed E-state index contributed by atoms with van der Waals surface area (Å²) in [7, 11) is -5.76. The van der Waals surface area contributed by atoms with Crippen LogP contribution < -0.4 is 0 Å². The molecule has 0 saturated heterocycles. The number of hydrogen-bond donors (Lipinski definition) is 0. The molecule has 0 heterocycles. The summed E-state index contributed by atoms with van der Waals surface area (Å²) in [6.45, 7) is 2.38. The fourth-order valence-corrected chi connectivity index (χ4v) is 6.75. The van der Waals surface area contributed by atoms with Crippen molar-refractivity contribution in [1.82, 2.24) is 8.61 Å². The van der Waals surface area contributed by atoms with Gasteiger partial charge >= 0.3 is 0 Å². The van der Waals surface area contributed by atoms with Gasteiger partial charge in [-0.1, -0.05) is 56.5 Å². The van der Waals surface area contributed by atoms with E-state index in [4.69, 9.17) is 0 Å². The van der Waals surface area contributed by atoms with Crippen molar-refractivity contribution in [2.75, 3.05) is 13.6 Å². The van der Waals surface area contributed by atoms with Crippen molar-refractivity contribution in [3.63, 3.8) is 0 Å². The molecule has 6 nitrogen and oxygen atoms in total. The van der Waals surface area contributed by atoms with Crippen LogP contribution >= 0.6 is 0 Å². The molecule has 3 rings (SSSR count). The molecule has 1 aliphatic carbocycles. The highest BCUT2D eigenvalue weighted by Gasteiger charge is 2.30. The molecule has 0 spiro atoms. The maximum Gasteiger partial charge on any atom is 0.243 e. The van der Waals surface area contributed by atoms with Crippen molar-refractivity contribution in [1.29, 1.82) is 0 Å². The summed E-state index contributed by atoms with van der Waals surface area (Å²) in [5, 5.41) is 0. The third kappa shape index (κ3) is 4.94. The minimum absolute atomic E-state index is 0.00798. The summed E-state index contributed by atoms with van der Waals surface area (Å²) in [6.07, 6.45) is 4.96. The van der Waals surface area contributed by atoms with Crippen molar-refractivity contribution in [2.45, 2.75) is 61.4 Å². The summed E-state index contributed by atoms with van der Waals surface area (Å²) in [4.78, 5) is 0.222. The standard InChI is InChI=1S/C22H30N2O4S2/c1-3-24(18-19-10-6-4-7-11-19)30(27,28)22-16-14-21(15-17-22)29(25,26)23(2)20-12-8-5-9-13-20/h4,6-7,10-11,14-17,20H,3,5,8-9,12-13,18H2,1-2H3. The largest absolute Gasteiger partial charge is 0.243 e. The highest BCUT2D eigenvalue weighted by atomic mass is 32.2. The lowest BCUT2D eigenvalue weighted by Crippen LogP contribution is -2.38. The van der Waals surface area contributed by atoms with E-state index in [1.165, 1.54) is 32.9 Å². The summed E-state index contributed by atoms with van der Waals surface area (Å²) in [5.41, 5.74) is 0.899. The number of rotatable bonds is 8. The highest BCUT2D eigenvalue weighted by molar-refractivity contribution is 7.89. The molecule has 2 aromatic rings. The molecule has 0 radical (unpaired) electrons. The number of sulfonamides is 2. The third-order valence-electron chi connectivity index (χ3n) is 5.78. The Morgan fingerprint density at radius 2 is 1.33 bits per heavy atom. The maximum atomic E-state index is 13.1. The molecule has 2 aromatic carbocycles. The van der Waals surface area contributed by atoms with Crippen LogP contribution in [0.4, 0.5) is 0 Å². The molecule has 0 unspecified atom stereocenters. The van der Waals surface area contributed by atoms with Crippen LogP contribution in [0.2, 0.25) is 0 Å². The van der Waals surface area contributed by atoms with Gasteiger partial charge in [-0.15, -0.1) is 0 Å². The molecule has 30 heavy (non-hydrogen) atoms. The van der Waals surface area contributed by atoms with Gasteiger partial charge < -0.3 is 0 Å². The van der Waals surface area contributed by atoms with Gasteiger partial charge in [0.2, 0.25) is 20.0 Å².